The number of fused-ring (bicyclic) bond motifs is 1. The van der Waals surface area contributed by atoms with Crippen LogP contribution in [0.25, 0.3) is 10.2 Å². The molecule has 4 aromatic rings. The molecule has 1 heterocycles. The van der Waals surface area contributed by atoms with E-state index < -0.39 is 5.97 Å². The predicted molar refractivity (Wildman–Crippen MR) is 159 cm³/mol. The maximum Gasteiger partial charge on any atom is 0.340 e. The van der Waals surface area contributed by atoms with Gasteiger partial charge in [-0.05, 0) is 61.4 Å². The first-order valence-corrected chi connectivity index (χ1v) is 14.5. The third kappa shape index (κ3) is 6.57. The summed E-state index contributed by atoms with van der Waals surface area (Å²) in [7, 11) is 4.66. The van der Waals surface area contributed by atoms with Crippen LogP contribution in [0.2, 0.25) is 0 Å². The van der Waals surface area contributed by atoms with Crippen LogP contribution in [0.5, 0.6) is 11.5 Å². The van der Waals surface area contributed by atoms with Gasteiger partial charge in [0.2, 0.25) is 0 Å². The zero-order valence-electron chi connectivity index (χ0n) is 23.3. The van der Waals surface area contributed by atoms with E-state index in [1.807, 2.05) is 48.5 Å². The van der Waals surface area contributed by atoms with Gasteiger partial charge in [-0.2, -0.15) is 0 Å². The fourth-order valence-corrected chi connectivity index (χ4v) is 6.43. The average molecular weight is 561 g/mol. The third-order valence-electron chi connectivity index (χ3n) is 7.57. The van der Waals surface area contributed by atoms with Crippen molar-refractivity contribution in [1.29, 1.82) is 0 Å². The van der Waals surface area contributed by atoms with Gasteiger partial charge in [-0.3, -0.25) is 0 Å². The second-order valence-corrected chi connectivity index (χ2v) is 11.2. The Balaban J connectivity index is 1.26. The second-order valence-electron chi connectivity index (χ2n) is 10.2. The first kappa shape index (κ1) is 27.9. The summed E-state index contributed by atoms with van der Waals surface area (Å²) in [6.45, 7) is 1.95. The molecule has 0 amide bonds. The third-order valence-corrected chi connectivity index (χ3v) is 8.75. The van der Waals surface area contributed by atoms with Crippen molar-refractivity contribution in [2.45, 2.75) is 44.8 Å². The molecule has 3 aromatic carbocycles. The van der Waals surface area contributed by atoms with Crippen LogP contribution >= 0.6 is 11.3 Å². The number of benzene rings is 3. The van der Waals surface area contributed by atoms with Gasteiger partial charge in [-0.25, -0.2) is 9.78 Å². The molecule has 1 saturated carbocycles. The van der Waals surface area contributed by atoms with Crippen LogP contribution < -0.4 is 14.8 Å². The van der Waals surface area contributed by atoms with E-state index in [1.165, 1.54) is 12.7 Å². The maximum absolute atomic E-state index is 12.7. The minimum atomic E-state index is -0.392. The van der Waals surface area contributed by atoms with E-state index in [-0.39, 0.29) is 0 Å². The van der Waals surface area contributed by atoms with Crippen molar-refractivity contribution in [1.82, 2.24) is 4.98 Å². The lowest BCUT2D eigenvalue weighted by molar-refractivity contribution is 0.0602. The van der Waals surface area contributed by atoms with Crippen molar-refractivity contribution < 1.29 is 23.7 Å². The number of aromatic nitrogens is 1. The molecule has 1 fully saturated rings. The van der Waals surface area contributed by atoms with E-state index in [4.69, 9.17) is 23.9 Å². The first-order chi connectivity index (χ1) is 19.6. The van der Waals surface area contributed by atoms with Crippen LogP contribution in [-0.2, 0) is 22.6 Å². The normalized spacial score (nSPS) is 17.0. The molecule has 0 radical (unpaired) electrons. The number of nitrogens with zero attached hydrogens (tertiary/aromatic N) is 1. The molecule has 0 aliphatic heterocycles. The van der Waals surface area contributed by atoms with Crippen LogP contribution in [0.15, 0.2) is 60.7 Å². The van der Waals surface area contributed by atoms with Crippen molar-refractivity contribution >= 4 is 33.2 Å². The monoisotopic (exact) mass is 560 g/mol. The van der Waals surface area contributed by atoms with Crippen LogP contribution in [0.1, 0.15) is 58.1 Å². The first-order valence-electron chi connectivity index (χ1n) is 13.7. The Bertz CT molecular complexity index is 1430. The Morgan fingerprint density at radius 1 is 0.975 bits per heavy atom. The Morgan fingerprint density at radius 3 is 2.50 bits per heavy atom. The van der Waals surface area contributed by atoms with E-state index >= 15 is 0 Å². The summed E-state index contributed by atoms with van der Waals surface area (Å²) in [5, 5.41) is 4.56. The van der Waals surface area contributed by atoms with Crippen LogP contribution in [-0.4, -0.2) is 38.9 Å². The van der Waals surface area contributed by atoms with Gasteiger partial charge in [-0.15, -0.1) is 11.3 Å². The SMILES string of the molecule is COC(=O)c1cc2nc(C3CCC(COCc4ccccc4)CC3)sc2cc1NCc1ccc(OC)cc1OC. The summed E-state index contributed by atoms with van der Waals surface area (Å²) in [6.07, 6.45) is 4.48. The van der Waals surface area contributed by atoms with Crippen LogP contribution in [0, 0.1) is 5.92 Å². The van der Waals surface area contributed by atoms with Crippen LogP contribution in [0.3, 0.4) is 0 Å². The molecule has 8 heteroatoms. The molecule has 0 spiro atoms. The predicted octanol–water partition coefficient (Wildman–Crippen LogP) is 7.20. The van der Waals surface area contributed by atoms with E-state index in [2.05, 4.69) is 17.4 Å². The van der Waals surface area contributed by atoms with Gasteiger partial charge in [-0.1, -0.05) is 30.3 Å². The standard InChI is InChI=1S/C32H36N2O5S/c1-36-25-14-13-24(29(15-25)37-2)18-33-27-17-30-28(16-26(27)32(35)38-3)34-31(40-30)23-11-9-22(10-12-23)20-39-19-21-7-5-4-6-8-21/h4-8,13-17,22-23,33H,9-12,18-20H2,1-3H3. The fraction of sp³-hybridized carbons (Fsp3) is 0.375. The van der Waals surface area contributed by atoms with Gasteiger partial charge < -0.3 is 24.3 Å². The van der Waals surface area contributed by atoms with Gasteiger partial charge in [0, 0.05) is 30.7 Å². The summed E-state index contributed by atoms with van der Waals surface area (Å²) in [5.74, 6) is 2.07. The molecule has 1 aliphatic rings. The number of rotatable bonds is 11. The topological polar surface area (TPSA) is 78.9 Å². The highest BCUT2D eigenvalue weighted by Gasteiger charge is 2.26. The smallest absolute Gasteiger partial charge is 0.340 e. The summed E-state index contributed by atoms with van der Waals surface area (Å²) < 4.78 is 23.0. The lowest BCUT2D eigenvalue weighted by Crippen LogP contribution is -2.17. The molecule has 210 valence electrons. The fourth-order valence-electron chi connectivity index (χ4n) is 5.27. The van der Waals surface area contributed by atoms with E-state index in [0.717, 1.165) is 58.8 Å². The Kier molecular flexibility index (Phi) is 9.19. The summed E-state index contributed by atoms with van der Waals surface area (Å²) in [6, 6.07) is 19.9. The maximum atomic E-state index is 12.7. The van der Waals surface area contributed by atoms with Crippen molar-refractivity contribution in [2.75, 3.05) is 33.3 Å². The quantitative estimate of drug-likeness (QED) is 0.194. The molecule has 0 unspecified atom stereocenters. The number of anilines is 1. The highest BCUT2D eigenvalue weighted by atomic mass is 32.1. The molecular weight excluding hydrogens is 524 g/mol. The number of carbonyl (C=O) groups excluding carboxylic acids is 1. The minimum Gasteiger partial charge on any atom is -0.497 e. The molecule has 0 saturated heterocycles. The van der Waals surface area contributed by atoms with E-state index in [0.29, 0.717) is 42.0 Å². The van der Waals surface area contributed by atoms with E-state index in [1.54, 1.807) is 25.6 Å². The molecule has 0 bridgehead atoms. The number of nitrogens with one attached hydrogen (secondary N) is 1. The second kappa shape index (κ2) is 13.2. The van der Waals surface area contributed by atoms with Crippen molar-refractivity contribution in [2.24, 2.45) is 5.92 Å². The number of hydrogen-bond donors (Lipinski definition) is 1. The molecule has 1 N–H and O–H groups in total. The number of ether oxygens (including phenoxy) is 4. The molecule has 40 heavy (non-hydrogen) atoms. The van der Waals surface area contributed by atoms with E-state index in [9.17, 15) is 4.79 Å². The van der Waals surface area contributed by atoms with Crippen LogP contribution in [0.4, 0.5) is 5.69 Å². The largest absolute Gasteiger partial charge is 0.497 e. The Labute approximate surface area is 239 Å². The molecule has 5 rings (SSSR count). The molecule has 1 aromatic heterocycles. The van der Waals surface area contributed by atoms with Crippen molar-refractivity contribution in [3.8, 4) is 11.5 Å². The minimum absolute atomic E-state index is 0.392. The van der Waals surface area contributed by atoms with Gasteiger partial charge in [0.1, 0.15) is 11.5 Å². The average Bonchev–Trinajstić information content (AvgIpc) is 3.43. The van der Waals surface area contributed by atoms with Gasteiger partial charge in [0.25, 0.3) is 0 Å². The molecule has 0 atom stereocenters. The molecular formula is C32H36N2O5S. The Hall–Kier alpha value is -3.62. The zero-order chi connectivity index (χ0) is 27.9. The number of hydrogen-bond acceptors (Lipinski definition) is 8. The zero-order valence-corrected chi connectivity index (χ0v) is 24.1. The van der Waals surface area contributed by atoms with Gasteiger partial charge >= 0.3 is 5.97 Å². The lowest BCUT2D eigenvalue weighted by atomic mass is 9.83. The van der Waals surface area contributed by atoms with Crippen molar-refractivity contribution in [3.05, 3.63) is 82.4 Å². The van der Waals surface area contributed by atoms with Gasteiger partial charge in [0.15, 0.2) is 0 Å². The molecule has 7 nitrogen and oxygen atoms in total. The molecule has 1 aliphatic carbocycles. The summed E-state index contributed by atoms with van der Waals surface area (Å²) in [4.78, 5) is 17.6. The Morgan fingerprint density at radius 2 is 1.77 bits per heavy atom. The number of methoxy groups -OCH3 is 3. The number of thiazole rings is 1. The summed E-state index contributed by atoms with van der Waals surface area (Å²) in [5.41, 5.74) is 4.19. The van der Waals surface area contributed by atoms with Crippen molar-refractivity contribution in [3.63, 3.8) is 0 Å². The lowest BCUT2D eigenvalue weighted by Gasteiger charge is -2.27. The highest BCUT2D eigenvalue weighted by Crippen LogP contribution is 2.40. The highest BCUT2D eigenvalue weighted by molar-refractivity contribution is 7.18. The number of carbonyl (C=O) groups is 1. The number of esters is 1. The summed E-state index contributed by atoms with van der Waals surface area (Å²) >= 11 is 1.72. The van der Waals surface area contributed by atoms with Gasteiger partial charge in [0.05, 0.1) is 54.4 Å².